The monoisotopic (exact) mass is 185 g/mol. The minimum atomic E-state index is -0.560. The van der Waals surface area contributed by atoms with Crippen LogP contribution in [0.25, 0.3) is 0 Å². The number of nitrogens with two attached hydrogens (primary N) is 1. The number of carbonyl (C=O) groups excluding carboxylic acids is 2. The molecule has 0 bridgehead atoms. The van der Waals surface area contributed by atoms with Crippen LogP contribution in [-0.2, 0) is 14.3 Å². The van der Waals surface area contributed by atoms with Crippen molar-refractivity contribution in [2.24, 2.45) is 5.73 Å². The summed E-state index contributed by atoms with van der Waals surface area (Å²) >= 11 is 0. The third-order valence-electron chi connectivity index (χ3n) is 1.41. The van der Waals surface area contributed by atoms with Gasteiger partial charge in [0.25, 0.3) is 0 Å². The molecule has 0 saturated heterocycles. The molecule has 1 amide bonds. The largest absolute Gasteiger partial charge is 0.463 e. The Morgan fingerprint density at radius 2 is 2.00 bits per heavy atom. The molecule has 2 N–H and O–H groups in total. The van der Waals surface area contributed by atoms with Gasteiger partial charge in [0, 0.05) is 11.6 Å². The highest BCUT2D eigenvalue weighted by molar-refractivity contribution is 5.98. The van der Waals surface area contributed by atoms with Gasteiger partial charge in [0.05, 0.1) is 6.61 Å². The van der Waals surface area contributed by atoms with Crippen LogP contribution in [0.4, 0.5) is 0 Å². The van der Waals surface area contributed by atoms with Gasteiger partial charge in [0.2, 0.25) is 5.91 Å². The quantitative estimate of drug-likeness (QED) is 0.508. The van der Waals surface area contributed by atoms with Gasteiger partial charge >= 0.3 is 5.97 Å². The smallest absolute Gasteiger partial charge is 0.331 e. The Morgan fingerprint density at radius 3 is 2.38 bits per heavy atom. The van der Waals surface area contributed by atoms with Gasteiger partial charge in [-0.3, -0.25) is 4.79 Å². The predicted octanol–water partition coefficient (Wildman–Crippen LogP) is 0.761. The van der Waals surface area contributed by atoms with Gasteiger partial charge < -0.3 is 10.5 Å². The summed E-state index contributed by atoms with van der Waals surface area (Å²) in [7, 11) is 0. The normalized spacial score (nSPS) is 11.1. The van der Waals surface area contributed by atoms with Crippen LogP contribution in [0.5, 0.6) is 0 Å². The summed E-state index contributed by atoms with van der Waals surface area (Å²) in [6.45, 7) is 3.91. The number of hydrogen-bond donors (Lipinski definition) is 1. The van der Waals surface area contributed by atoms with E-state index in [9.17, 15) is 9.59 Å². The zero-order valence-corrected chi connectivity index (χ0v) is 8.00. The summed E-state index contributed by atoms with van der Waals surface area (Å²) < 4.78 is 4.65. The highest BCUT2D eigenvalue weighted by atomic mass is 16.5. The van der Waals surface area contributed by atoms with Crippen LogP contribution in [-0.4, -0.2) is 18.5 Å². The third kappa shape index (κ3) is 5.00. The topological polar surface area (TPSA) is 69.4 Å². The van der Waals surface area contributed by atoms with E-state index < -0.39 is 11.9 Å². The first-order chi connectivity index (χ1) is 6.11. The van der Waals surface area contributed by atoms with Gasteiger partial charge in [0.15, 0.2) is 0 Å². The minimum absolute atomic E-state index is 0.299. The number of rotatable bonds is 5. The van der Waals surface area contributed by atoms with E-state index in [4.69, 9.17) is 5.73 Å². The number of primary amides is 1. The lowest BCUT2D eigenvalue weighted by Crippen LogP contribution is -2.15. The van der Waals surface area contributed by atoms with Crippen molar-refractivity contribution in [1.29, 1.82) is 0 Å². The molecule has 0 unspecified atom stereocenters. The van der Waals surface area contributed by atoms with Gasteiger partial charge in [-0.1, -0.05) is 13.3 Å². The molecule has 0 rings (SSSR count). The van der Waals surface area contributed by atoms with Crippen LogP contribution in [0.15, 0.2) is 11.6 Å². The van der Waals surface area contributed by atoms with E-state index in [1.54, 1.807) is 6.92 Å². The lowest BCUT2D eigenvalue weighted by molar-refractivity contribution is -0.137. The second-order valence-electron chi connectivity index (χ2n) is 2.54. The van der Waals surface area contributed by atoms with Crippen molar-refractivity contribution < 1.29 is 14.3 Å². The Balaban J connectivity index is 4.34. The SMILES string of the molecule is CCCC(=CC(=O)OCC)C(N)=O. The standard InChI is InChI=1S/C9H15NO3/c1-3-5-7(9(10)12)6-8(11)13-4-2/h6H,3-5H2,1-2H3,(H2,10,12). The number of esters is 1. The molecule has 4 nitrogen and oxygen atoms in total. The average molecular weight is 185 g/mol. The van der Waals surface area contributed by atoms with Gasteiger partial charge in [-0.15, -0.1) is 0 Å². The van der Waals surface area contributed by atoms with Crippen LogP contribution in [0.1, 0.15) is 26.7 Å². The maximum atomic E-state index is 10.9. The first kappa shape index (κ1) is 11.7. The second-order valence-corrected chi connectivity index (χ2v) is 2.54. The highest BCUT2D eigenvalue weighted by Gasteiger charge is 2.06. The fourth-order valence-corrected chi connectivity index (χ4v) is 0.862. The van der Waals surface area contributed by atoms with E-state index in [-0.39, 0.29) is 0 Å². The van der Waals surface area contributed by atoms with E-state index in [1.165, 1.54) is 0 Å². The highest BCUT2D eigenvalue weighted by Crippen LogP contribution is 2.03. The molecule has 0 aliphatic heterocycles. The molecule has 0 saturated carbocycles. The molecular weight excluding hydrogens is 170 g/mol. The molecule has 0 aromatic carbocycles. The molecule has 4 heteroatoms. The summed E-state index contributed by atoms with van der Waals surface area (Å²) in [5.41, 5.74) is 5.37. The van der Waals surface area contributed by atoms with Crippen molar-refractivity contribution in [2.75, 3.05) is 6.61 Å². The Labute approximate surface area is 77.7 Å². The maximum Gasteiger partial charge on any atom is 0.331 e. The second kappa shape index (κ2) is 6.22. The van der Waals surface area contributed by atoms with E-state index in [0.717, 1.165) is 12.5 Å². The fraction of sp³-hybridized carbons (Fsp3) is 0.556. The first-order valence-corrected chi connectivity index (χ1v) is 4.28. The molecule has 0 atom stereocenters. The summed E-state index contributed by atoms with van der Waals surface area (Å²) in [5.74, 6) is -1.07. The molecule has 0 aromatic heterocycles. The van der Waals surface area contributed by atoms with Gasteiger partial charge in [-0.05, 0) is 13.3 Å². The summed E-state index contributed by atoms with van der Waals surface area (Å²) in [4.78, 5) is 21.7. The van der Waals surface area contributed by atoms with Crippen molar-refractivity contribution in [1.82, 2.24) is 0 Å². The summed E-state index contributed by atoms with van der Waals surface area (Å²) in [5, 5.41) is 0. The zero-order chi connectivity index (χ0) is 10.3. The van der Waals surface area contributed by atoms with Crippen LogP contribution in [0, 0.1) is 0 Å². The average Bonchev–Trinajstić information content (AvgIpc) is 2.04. The van der Waals surface area contributed by atoms with Crippen LogP contribution in [0.2, 0.25) is 0 Å². The Bertz CT molecular complexity index is 221. The van der Waals surface area contributed by atoms with Crippen molar-refractivity contribution in [3.8, 4) is 0 Å². The molecule has 0 radical (unpaired) electrons. The minimum Gasteiger partial charge on any atom is -0.463 e. The molecular formula is C9H15NO3. The van der Waals surface area contributed by atoms with Crippen LogP contribution < -0.4 is 5.73 Å². The lowest BCUT2D eigenvalue weighted by atomic mass is 10.1. The molecule has 13 heavy (non-hydrogen) atoms. The Hall–Kier alpha value is -1.32. The molecule has 0 heterocycles. The number of hydrogen-bond acceptors (Lipinski definition) is 3. The molecule has 0 fully saturated rings. The van der Waals surface area contributed by atoms with E-state index in [0.29, 0.717) is 18.6 Å². The summed E-state index contributed by atoms with van der Waals surface area (Å²) in [6, 6.07) is 0. The van der Waals surface area contributed by atoms with E-state index >= 15 is 0 Å². The maximum absolute atomic E-state index is 10.9. The Morgan fingerprint density at radius 1 is 1.38 bits per heavy atom. The van der Waals surface area contributed by atoms with Crippen LogP contribution >= 0.6 is 0 Å². The van der Waals surface area contributed by atoms with Crippen molar-refractivity contribution in [3.05, 3.63) is 11.6 Å². The van der Waals surface area contributed by atoms with E-state index in [1.807, 2.05) is 6.92 Å². The van der Waals surface area contributed by atoms with Crippen molar-refractivity contribution in [2.45, 2.75) is 26.7 Å². The van der Waals surface area contributed by atoms with Crippen LogP contribution in [0.3, 0.4) is 0 Å². The predicted molar refractivity (Wildman–Crippen MR) is 48.8 cm³/mol. The molecule has 0 aliphatic carbocycles. The lowest BCUT2D eigenvalue weighted by Gasteiger charge is -2.00. The van der Waals surface area contributed by atoms with Gasteiger partial charge in [0.1, 0.15) is 0 Å². The number of ether oxygens (including phenoxy) is 1. The molecule has 0 aliphatic rings. The van der Waals surface area contributed by atoms with E-state index in [2.05, 4.69) is 4.74 Å². The zero-order valence-electron chi connectivity index (χ0n) is 8.00. The number of carbonyl (C=O) groups is 2. The van der Waals surface area contributed by atoms with Gasteiger partial charge in [-0.2, -0.15) is 0 Å². The first-order valence-electron chi connectivity index (χ1n) is 4.28. The fourth-order valence-electron chi connectivity index (χ4n) is 0.862. The molecule has 0 aromatic rings. The number of amides is 1. The van der Waals surface area contributed by atoms with Crippen molar-refractivity contribution >= 4 is 11.9 Å². The summed E-state index contributed by atoms with van der Waals surface area (Å²) in [6.07, 6.45) is 2.44. The van der Waals surface area contributed by atoms with Crippen molar-refractivity contribution in [3.63, 3.8) is 0 Å². The molecule has 0 spiro atoms. The molecule has 74 valence electrons. The van der Waals surface area contributed by atoms with Gasteiger partial charge in [-0.25, -0.2) is 4.79 Å². The Kier molecular flexibility index (Phi) is 5.59. The third-order valence-corrected chi connectivity index (χ3v) is 1.41.